The molecule has 0 spiro atoms. The lowest BCUT2D eigenvalue weighted by Gasteiger charge is -2.11. The molecule has 7 heteroatoms. The molecule has 1 heterocycles. The van der Waals surface area contributed by atoms with E-state index < -0.39 is 0 Å². The van der Waals surface area contributed by atoms with Crippen molar-refractivity contribution in [2.24, 2.45) is 0 Å². The Hall–Kier alpha value is -3.61. The molecule has 0 aliphatic heterocycles. The van der Waals surface area contributed by atoms with Crippen LogP contribution in [0.4, 0.5) is 17.3 Å². The second-order valence-corrected chi connectivity index (χ2v) is 6.41. The lowest BCUT2D eigenvalue weighted by molar-refractivity contribution is 0.0601. The third kappa shape index (κ3) is 5.68. The topological polar surface area (TPSA) is 85.4 Å². The molecule has 0 saturated carbocycles. The second kappa shape index (κ2) is 9.54. The van der Waals surface area contributed by atoms with Crippen molar-refractivity contribution in [2.45, 2.75) is 13.3 Å². The van der Waals surface area contributed by atoms with Crippen molar-refractivity contribution in [1.29, 1.82) is 0 Å². The molecular weight excluding hydrogens is 368 g/mol. The van der Waals surface area contributed by atoms with Crippen LogP contribution in [0.25, 0.3) is 0 Å². The van der Waals surface area contributed by atoms with Crippen LogP contribution in [0.1, 0.15) is 21.7 Å². The highest BCUT2D eigenvalue weighted by molar-refractivity contribution is 5.90. The minimum atomic E-state index is -0.381. The summed E-state index contributed by atoms with van der Waals surface area (Å²) in [5, 5.41) is 6.54. The fourth-order valence-corrected chi connectivity index (χ4v) is 2.84. The number of nitrogens with one attached hydrogen (secondary N) is 2. The van der Waals surface area contributed by atoms with Crippen LogP contribution in [0.5, 0.6) is 5.75 Å². The van der Waals surface area contributed by atoms with Crippen LogP contribution in [0, 0.1) is 6.92 Å². The molecule has 29 heavy (non-hydrogen) atoms. The van der Waals surface area contributed by atoms with E-state index in [9.17, 15) is 4.79 Å². The molecule has 2 N–H and O–H groups in total. The average Bonchev–Trinajstić information content (AvgIpc) is 2.73. The van der Waals surface area contributed by atoms with Crippen LogP contribution in [0.15, 0.2) is 54.6 Å². The van der Waals surface area contributed by atoms with Gasteiger partial charge in [0.05, 0.1) is 19.8 Å². The van der Waals surface area contributed by atoms with E-state index in [1.807, 2.05) is 43.3 Å². The highest BCUT2D eigenvalue weighted by Gasteiger charge is 2.07. The molecule has 3 aromatic rings. The zero-order valence-corrected chi connectivity index (χ0v) is 16.7. The molecule has 0 bridgehead atoms. The molecule has 0 amide bonds. The van der Waals surface area contributed by atoms with E-state index in [4.69, 9.17) is 9.47 Å². The summed E-state index contributed by atoms with van der Waals surface area (Å²) in [6, 6.07) is 16.9. The predicted octanol–water partition coefficient (Wildman–Crippen LogP) is 3.98. The molecule has 7 nitrogen and oxygen atoms in total. The second-order valence-electron chi connectivity index (χ2n) is 6.41. The first-order valence-corrected chi connectivity index (χ1v) is 9.25. The summed E-state index contributed by atoms with van der Waals surface area (Å²) < 4.78 is 9.94. The molecule has 0 aliphatic carbocycles. The largest absolute Gasteiger partial charge is 0.497 e. The van der Waals surface area contributed by atoms with Crippen molar-refractivity contribution < 1.29 is 14.3 Å². The lowest BCUT2D eigenvalue weighted by Crippen LogP contribution is -2.08. The summed E-state index contributed by atoms with van der Waals surface area (Å²) in [5.74, 6) is 2.49. The van der Waals surface area contributed by atoms with E-state index >= 15 is 0 Å². The molecule has 0 fully saturated rings. The maximum Gasteiger partial charge on any atom is 0.337 e. The van der Waals surface area contributed by atoms with Crippen molar-refractivity contribution in [2.75, 3.05) is 31.4 Å². The first-order chi connectivity index (χ1) is 14.1. The summed E-state index contributed by atoms with van der Waals surface area (Å²) in [7, 11) is 3.02. The molecule has 0 unspecified atom stereocenters. The number of carbonyl (C=O) groups excluding carboxylic acids is 1. The average molecular weight is 392 g/mol. The van der Waals surface area contributed by atoms with Gasteiger partial charge in [-0.15, -0.1) is 0 Å². The van der Waals surface area contributed by atoms with Gasteiger partial charge in [-0.3, -0.25) is 0 Å². The number of benzene rings is 2. The van der Waals surface area contributed by atoms with Crippen LogP contribution in [-0.4, -0.2) is 36.7 Å². The molecular formula is C22H24N4O3. The Bertz CT molecular complexity index is 974. The normalized spacial score (nSPS) is 10.3. The summed E-state index contributed by atoms with van der Waals surface area (Å²) in [5.41, 5.74) is 2.43. The van der Waals surface area contributed by atoms with Gasteiger partial charge >= 0.3 is 5.97 Å². The fraction of sp³-hybridized carbons (Fsp3) is 0.227. The Morgan fingerprint density at radius 3 is 2.48 bits per heavy atom. The first-order valence-electron chi connectivity index (χ1n) is 9.25. The maximum absolute atomic E-state index is 11.7. The zero-order valence-electron chi connectivity index (χ0n) is 16.7. The number of rotatable bonds is 8. The molecule has 150 valence electrons. The van der Waals surface area contributed by atoms with Crippen molar-refractivity contribution in [1.82, 2.24) is 9.97 Å². The monoisotopic (exact) mass is 392 g/mol. The number of aromatic nitrogens is 2. The molecule has 3 rings (SSSR count). The standard InChI is InChI=1S/C22H24N4O3/c1-15-24-20(23-12-11-16-7-9-19(28-2)10-8-16)14-21(25-15)26-18-6-4-5-17(13-18)22(27)29-3/h4-10,13-14H,11-12H2,1-3H3,(H2,23,24,25,26). The van der Waals surface area contributed by atoms with Crippen LogP contribution in [0.3, 0.4) is 0 Å². The smallest absolute Gasteiger partial charge is 0.337 e. The van der Waals surface area contributed by atoms with Gasteiger partial charge in [0.15, 0.2) is 0 Å². The van der Waals surface area contributed by atoms with Crippen LogP contribution < -0.4 is 15.4 Å². The fourth-order valence-electron chi connectivity index (χ4n) is 2.84. The SMILES string of the molecule is COC(=O)c1cccc(Nc2cc(NCCc3ccc(OC)cc3)nc(C)n2)c1. The number of aryl methyl sites for hydroxylation is 1. The van der Waals surface area contributed by atoms with Crippen LogP contribution >= 0.6 is 0 Å². The lowest BCUT2D eigenvalue weighted by atomic mass is 10.1. The highest BCUT2D eigenvalue weighted by atomic mass is 16.5. The maximum atomic E-state index is 11.7. The van der Waals surface area contributed by atoms with E-state index in [1.54, 1.807) is 25.3 Å². The summed E-state index contributed by atoms with van der Waals surface area (Å²) in [6.45, 7) is 2.57. The predicted molar refractivity (Wildman–Crippen MR) is 113 cm³/mol. The highest BCUT2D eigenvalue weighted by Crippen LogP contribution is 2.19. The number of anilines is 3. The number of hydrogen-bond acceptors (Lipinski definition) is 7. The molecule has 1 aromatic heterocycles. The molecule has 0 saturated heterocycles. The van der Waals surface area contributed by atoms with Gasteiger partial charge in [-0.2, -0.15) is 0 Å². The van der Waals surface area contributed by atoms with E-state index in [1.165, 1.54) is 12.7 Å². The van der Waals surface area contributed by atoms with Gasteiger partial charge in [-0.05, 0) is 49.2 Å². The number of carbonyl (C=O) groups is 1. The minimum absolute atomic E-state index is 0.381. The summed E-state index contributed by atoms with van der Waals surface area (Å²) >= 11 is 0. The van der Waals surface area contributed by atoms with E-state index in [0.29, 0.717) is 17.2 Å². The molecule has 2 aromatic carbocycles. The number of methoxy groups -OCH3 is 2. The van der Waals surface area contributed by atoms with Gasteiger partial charge in [0.2, 0.25) is 0 Å². The Labute approximate surface area is 170 Å². The van der Waals surface area contributed by atoms with Crippen LogP contribution in [0.2, 0.25) is 0 Å². The summed E-state index contributed by atoms with van der Waals surface area (Å²) in [4.78, 5) is 20.6. The molecule has 0 atom stereocenters. The molecule has 0 aliphatic rings. The third-order valence-corrected chi connectivity index (χ3v) is 4.27. The van der Waals surface area contributed by atoms with Gasteiger partial charge in [-0.1, -0.05) is 18.2 Å². The minimum Gasteiger partial charge on any atom is -0.497 e. The quantitative estimate of drug-likeness (QED) is 0.561. The zero-order chi connectivity index (χ0) is 20.6. The van der Waals surface area contributed by atoms with E-state index in [2.05, 4.69) is 20.6 Å². The third-order valence-electron chi connectivity index (χ3n) is 4.27. The first kappa shape index (κ1) is 20.1. The number of ether oxygens (including phenoxy) is 2. The van der Waals surface area contributed by atoms with E-state index in [0.717, 1.165) is 30.2 Å². The Morgan fingerprint density at radius 1 is 1.00 bits per heavy atom. The van der Waals surface area contributed by atoms with Crippen molar-refractivity contribution in [3.63, 3.8) is 0 Å². The van der Waals surface area contributed by atoms with Crippen molar-refractivity contribution >= 4 is 23.3 Å². The van der Waals surface area contributed by atoms with Gasteiger partial charge in [0.1, 0.15) is 23.2 Å². The van der Waals surface area contributed by atoms with Gasteiger partial charge in [-0.25, -0.2) is 14.8 Å². The van der Waals surface area contributed by atoms with Gasteiger partial charge in [0, 0.05) is 18.3 Å². The Morgan fingerprint density at radius 2 is 1.76 bits per heavy atom. The van der Waals surface area contributed by atoms with E-state index in [-0.39, 0.29) is 5.97 Å². The number of esters is 1. The van der Waals surface area contributed by atoms with Crippen molar-refractivity contribution in [3.8, 4) is 5.75 Å². The number of hydrogen-bond donors (Lipinski definition) is 2. The van der Waals surface area contributed by atoms with Crippen LogP contribution in [-0.2, 0) is 11.2 Å². The Kier molecular flexibility index (Phi) is 6.63. The number of nitrogens with zero attached hydrogens (tertiary/aromatic N) is 2. The van der Waals surface area contributed by atoms with Gasteiger partial charge in [0.25, 0.3) is 0 Å². The van der Waals surface area contributed by atoms with Crippen molar-refractivity contribution in [3.05, 3.63) is 71.5 Å². The summed E-state index contributed by atoms with van der Waals surface area (Å²) in [6.07, 6.45) is 0.858. The molecule has 0 radical (unpaired) electrons. The Balaban J connectivity index is 1.64. The van der Waals surface area contributed by atoms with Gasteiger partial charge < -0.3 is 20.1 Å².